The number of nitrogens with one attached hydrogen (secondary N) is 1. The van der Waals surface area contributed by atoms with Gasteiger partial charge in [0.05, 0.1) is 5.75 Å². The maximum atomic E-state index is 12.1. The van der Waals surface area contributed by atoms with Crippen LogP contribution in [0.5, 0.6) is 5.75 Å². The third-order valence-electron chi connectivity index (χ3n) is 2.34. The van der Waals surface area contributed by atoms with Crippen LogP contribution in [0.3, 0.4) is 0 Å². The van der Waals surface area contributed by atoms with Crippen molar-refractivity contribution < 1.29 is 21.9 Å². The number of hydrogen-bond donors (Lipinski definition) is 1. The van der Waals surface area contributed by atoms with Crippen molar-refractivity contribution in [3.63, 3.8) is 0 Å². The lowest BCUT2D eigenvalue weighted by Crippen LogP contribution is -2.14. The lowest BCUT2D eigenvalue weighted by molar-refractivity contribution is -0.0498. The molecule has 0 saturated heterocycles. The molecular formula is C12H11F2N3O3S2. The van der Waals surface area contributed by atoms with Gasteiger partial charge in [0.1, 0.15) is 5.75 Å². The molecule has 1 N–H and O–H groups in total. The van der Waals surface area contributed by atoms with Gasteiger partial charge in [0.15, 0.2) is 5.82 Å². The molecule has 0 fully saturated rings. The highest BCUT2D eigenvalue weighted by atomic mass is 32.2. The second kappa shape index (κ2) is 6.79. The minimum absolute atomic E-state index is 0.0147. The van der Waals surface area contributed by atoms with Gasteiger partial charge in [0, 0.05) is 17.1 Å². The van der Waals surface area contributed by atoms with E-state index in [0.29, 0.717) is 5.56 Å². The third kappa shape index (κ3) is 4.46. The van der Waals surface area contributed by atoms with Gasteiger partial charge in [-0.1, -0.05) is 6.08 Å². The highest BCUT2D eigenvalue weighted by Gasteiger charge is 2.13. The predicted molar refractivity (Wildman–Crippen MR) is 79.6 cm³/mol. The van der Waals surface area contributed by atoms with Crippen molar-refractivity contribution in [2.75, 3.05) is 10.5 Å². The van der Waals surface area contributed by atoms with Crippen LogP contribution in [0.1, 0.15) is 0 Å². The van der Waals surface area contributed by atoms with Gasteiger partial charge in [-0.25, -0.2) is 8.42 Å². The lowest BCUT2D eigenvalue weighted by atomic mass is 10.2. The van der Waals surface area contributed by atoms with E-state index in [9.17, 15) is 17.2 Å². The number of nitrogens with zero attached hydrogens (tertiary/aromatic N) is 2. The second-order valence-corrected chi connectivity index (χ2v) is 6.52. The van der Waals surface area contributed by atoms with Crippen LogP contribution >= 0.6 is 11.5 Å². The number of hydrogen-bond acceptors (Lipinski definition) is 6. The number of anilines is 1. The van der Waals surface area contributed by atoms with Gasteiger partial charge in [-0.2, -0.15) is 18.1 Å². The lowest BCUT2D eigenvalue weighted by Gasteiger charge is -2.04. The SMILES string of the molecule is C=CCS(=O)(=O)Nc1nc(-c2ccc(OC(F)F)cc2)ns1. The first-order chi connectivity index (χ1) is 10.4. The molecule has 0 aliphatic rings. The Labute approximate surface area is 129 Å². The Morgan fingerprint density at radius 2 is 2.05 bits per heavy atom. The van der Waals surface area contributed by atoms with Crippen molar-refractivity contribution in [1.29, 1.82) is 0 Å². The van der Waals surface area contributed by atoms with E-state index >= 15 is 0 Å². The Kier molecular flexibility index (Phi) is 5.03. The van der Waals surface area contributed by atoms with E-state index < -0.39 is 16.6 Å². The standard InChI is InChI=1S/C12H11F2N3O3S2/c1-2-7-22(18,19)17-12-15-10(16-21-12)8-3-5-9(6-4-8)20-11(13)14/h2-6,11H,1,7H2,(H,15,16,17). The molecule has 0 spiro atoms. The number of rotatable bonds is 7. The summed E-state index contributed by atoms with van der Waals surface area (Å²) in [5.74, 6) is 0.0625. The van der Waals surface area contributed by atoms with Crippen molar-refractivity contribution in [2.45, 2.75) is 6.61 Å². The van der Waals surface area contributed by atoms with Crippen LogP contribution in [0.25, 0.3) is 11.4 Å². The number of benzene rings is 1. The van der Waals surface area contributed by atoms with Crippen molar-refractivity contribution in [3.05, 3.63) is 36.9 Å². The normalized spacial score (nSPS) is 11.4. The van der Waals surface area contributed by atoms with Crippen LogP contribution in [-0.4, -0.2) is 30.1 Å². The fourth-order valence-electron chi connectivity index (χ4n) is 1.50. The number of sulfonamides is 1. The highest BCUT2D eigenvalue weighted by Crippen LogP contribution is 2.24. The van der Waals surface area contributed by atoms with Gasteiger partial charge >= 0.3 is 6.61 Å². The van der Waals surface area contributed by atoms with E-state index in [1.54, 1.807) is 0 Å². The average Bonchev–Trinajstić information content (AvgIpc) is 2.86. The summed E-state index contributed by atoms with van der Waals surface area (Å²) in [5.41, 5.74) is 0.548. The van der Waals surface area contributed by atoms with Crippen molar-refractivity contribution in [1.82, 2.24) is 9.36 Å². The van der Waals surface area contributed by atoms with Crippen LogP contribution in [0, 0.1) is 0 Å². The zero-order chi connectivity index (χ0) is 16.2. The first-order valence-corrected chi connectivity index (χ1v) is 8.32. The van der Waals surface area contributed by atoms with Crippen LogP contribution in [-0.2, 0) is 10.0 Å². The third-order valence-corrected chi connectivity index (χ3v) is 4.28. The molecule has 0 unspecified atom stereocenters. The summed E-state index contributed by atoms with van der Waals surface area (Å²) >= 11 is 0.875. The number of ether oxygens (including phenoxy) is 1. The smallest absolute Gasteiger partial charge is 0.387 e. The fraction of sp³-hybridized carbons (Fsp3) is 0.167. The minimum Gasteiger partial charge on any atom is -0.435 e. The fourth-order valence-corrected chi connectivity index (χ4v) is 3.18. The molecule has 2 rings (SSSR count). The Morgan fingerprint density at radius 3 is 2.64 bits per heavy atom. The maximum Gasteiger partial charge on any atom is 0.387 e. The first kappa shape index (κ1) is 16.3. The Balaban J connectivity index is 2.12. The molecule has 10 heteroatoms. The van der Waals surface area contributed by atoms with E-state index in [4.69, 9.17) is 0 Å². The molecule has 0 atom stereocenters. The predicted octanol–water partition coefficient (Wildman–Crippen LogP) is 2.73. The van der Waals surface area contributed by atoms with Crippen molar-refractivity contribution in [3.8, 4) is 17.1 Å². The monoisotopic (exact) mass is 347 g/mol. The number of alkyl halides is 2. The molecule has 6 nitrogen and oxygen atoms in total. The van der Waals surface area contributed by atoms with Crippen molar-refractivity contribution >= 4 is 26.7 Å². The summed E-state index contributed by atoms with van der Waals surface area (Å²) in [6, 6.07) is 5.71. The number of aromatic nitrogens is 2. The van der Waals surface area contributed by atoms with Crippen LogP contribution < -0.4 is 9.46 Å². The molecule has 0 aliphatic heterocycles. The van der Waals surface area contributed by atoms with E-state index in [1.807, 2.05) is 0 Å². The highest BCUT2D eigenvalue weighted by molar-refractivity contribution is 7.93. The van der Waals surface area contributed by atoms with Gasteiger partial charge in [-0.15, -0.1) is 6.58 Å². The summed E-state index contributed by atoms with van der Waals surface area (Å²) in [7, 11) is -3.54. The zero-order valence-electron chi connectivity index (χ0n) is 11.1. The Morgan fingerprint density at radius 1 is 1.36 bits per heavy atom. The van der Waals surface area contributed by atoms with Gasteiger partial charge in [0.25, 0.3) is 0 Å². The molecule has 0 radical (unpaired) electrons. The number of halogens is 2. The minimum atomic E-state index is -3.54. The summed E-state index contributed by atoms with van der Waals surface area (Å²) < 4.78 is 57.7. The Hall–Kier alpha value is -2.07. The molecule has 0 bridgehead atoms. The van der Waals surface area contributed by atoms with E-state index in [1.165, 1.54) is 30.3 Å². The van der Waals surface area contributed by atoms with Gasteiger partial charge in [-0.3, -0.25) is 4.72 Å². The van der Waals surface area contributed by atoms with E-state index in [2.05, 4.69) is 25.4 Å². The summed E-state index contributed by atoms with van der Waals surface area (Å²) in [6.45, 7) is 0.458. The molecule has 1 aromatic carbocycles. The summed E-state index contributed by atoms with van der Waals surface area (Å²) in [6.07, 6.45) is 1.26. The van der Waals surface area contributed by atoms with Crippen molar-refractivity contribution in [2.24, 2.45) is 0 Å². The summed E-state index contributed by atoms with van der Waals surface area (Å²) in [5, 5.41) is 0.116. The van der Waals surface area contributed by atoms with E-state index in [-0.39, 0.29) is 22.5 Å². The molecule has 0 aliphatic carbocycles. The quantitative estimate of drug-likeness (QED) is 0.779. The van der Waals surface area contributed by atoms with Gasteiger partial charge in [-0.05, 0) is 24.3 Å². The average molecular weight is 347 g/mol. The molecule has 1 aromatic heterocycles. The van der Waals surface area contributed by atoms with Gasteiger partial charge < -0.3 is 4.74 Å². The molecule has 22 heavy (non-hydrogen) atoms. The topological polar surface area (TPSA) is 81.2 Å². The molecule has 0 amide bonds. The molecule has 2 aromatic rings. The zero-order valence-corrected chi connectivity index (χ0v) is 12.7. The Bertz CT molecular complexity index is 745. The van der Waals surface area contributed by atoms with Gasteiger partial charge in [0.2, 0.25) is 15.2 Å². The van der Waals surface area contributed by atoms with Crippen LogP contribution in [0.4, 0.5) is 13.9 Å². The molecule has 0 saturated carbocycles. The maximum absolute atomic E-state index is 12.1. The largest absolute Gasteiger partial charge is 0.435 e. The molecule has 118 valence electrons. The summed E-state index contributed by atoms with van der Waals surface area (Å²) in [4.78, 5) is 4.03. The van der Waals surface area contributed by atoms with Crippen LogP contribution in [0.15, 0.2) is 36.9 Å². The second-order valence-electron chi connectivity index (χ2n) is 4.00. The van der Waals surface area contributed by atoms with Crippen LogP contribution in [0.2, 0.25) is 0 Å². The first-order valence-electron chi connectivity index (χ1n) is 5.90. The molecular weight excluding hydrogens is 336 g/mol. The molecule has 1 heterocycles. The van der Waals surface area contributed by atoms with E-state index in [0.717, 1.165) is 11.5 Å².